The highest BCUT2D eigenvalue weighted by Gasteiger charge is 2.30. The van der Waals surface area contributed by atoms with Crippen molar-refractivity contribution in [2.45, 2.75) is 57.6 Å². The van der Waals surface area contributed by atoms with Crippen LogP contribution in [0.5, 0.6) is 17.2 Å². The van der Waals surface area contributed by atoms with E-state index in [1.807, 2.05) is 24.3 Å². The molecule has 23 nitrogen and oxygen atoms in total. The number of hydrogen-bond acceptors (Lipinski definition) is 14. The Hall–Kier alpha value is -7.12. The molecule has 3 aliphatic heterocycles. The average molecular weight is 1100 g/mol. The number of aliphatic carboxylic acids is 1. The first-order chi connectivity index (χ1) is 36.9. The van der Waals surface area contributed by atoms with Crippen molar-refractivity contribution < 1.29 is 69.2 Å². The van der Waals surface area contributed by atoms with Crippen molar-refractivity contribution in [2.75, 3.05) is 95.7 Å². The first kappa shape index (κ1) is 57.6. The average Bonchev–Trinajstić information content (AvgIpc) is 3.55. The van der Waals surface area contributed by atoms with Gasteiger partial charge in [-0.3, -0.25) is 23.5 Å². The van der Waals surface area contributed by atoms with Crippen LogP contribution in [-0.4, -0.2) is 157 Å². The van der Waals surface area contributed by atoms with Gasteiger partial charge in [-0.2, -0.15) is 16.8 Å². The lowest BCUT2D eigenvalue weighted by atomic mass is 9.86. The molecule has 77 heavy (non-hydrogen) atoms. The highest BCUT2D eigenvalue weighted by atomic mass is 32.2. The second-order valence-electron chi connectivity index (χ2n) is 18.7. The van der Waals surface area contributed by atoms with Gasteiger partial charge in [0.15, 0.2) is 6.23 Å². The summed E-state index contributed by atoms with van der Waals surface area (Å²) < 4.78 is 90.0. The minimum absolute atomic E-state index is 0.0433. The zero-order valence-corrected chi connectivity index (χ0v) is 44.2. The van der Waals surface area contributed by atoms with Crippen LogP contribution in [0.2, 0.25) is 0 Å². The number of fused-ring (bicyclic) bond motifs is 4. The molecule has 412 valence electrons. The first-order valence-electron chi connectivity index (χ1n) is 25.2. The molecule has 4 aromatic carbocycles. The van der Waals surface area contributed by atoms with Crippen molar-refractivity contribution in [3.63, 3.8) is 0 Å². The van der Waals surface area contributed by atoms with Gasteiger partial charge in [0.25, 0.3) is 32.1 Å². The smallest absolute Gasteiger partial charge is 0.329 e. The molecule has 0 spiro atoms. The van der Waals surface area contributed by atoms with Crippen LogP contribution in [0.4, 0.5) is 5.69 Å². The van der Waals surface area contributed by atoms with Crippen LogP contribution < -0.4 is 40.2 Å². The summed E-state index contributed by atoms with van der Waals surface area (Å²) in [4.78, 5) is 57.4. The second kappa shape index (κ2) is 26.8. The number of nitrogens with one attached hydrogen (secondary N) is 2. The molecule has 3 aliphatic rings. The van der Waals surface area contributed by atoms with Crippen molar-refractivity contribution in [3.8, 4) is 17.2 Å². The van der Waals surface area contributed by atoms with Gasteiger partial charge in [0.2, 0.25) is 11.3 Å². The largest absolute Gasteiger partial charge is 0.491 e. The summed E-state index contributed by atoms with van der Waals surface area (Å²) in [6.45, 7) is 1.87. The van der Waals surface area contributed by atoms with E-state index in [2.05, 4.69) is 42.3 Å². The quantitative estimate of drug-likeness (QED) is 0.0120. The van der Waals surface area contributed by atoms with E-state index in [1.165, 1.54) is 6.07 Å². The fourth-order valence-corrected chi connectivity index (χ4v) is 10.5. The molecule has 1 unspecified atom stereocenters. The van der Waals surface area contributed by atoms with Gasteiger partial charge in [-0.05, 0) is 85.2 Å². The summed E-state index contributed by atoms with van der Waals surface area (Å²) >= 11 is 0. The number of nitrogens with zero attached hydrogens (tertiary/aromatic N) is 6. The summed E-state index contributed by atoms with van der Waals surface area (Å²) in [5.74, 6) is -1.48. The van der Waals surface area contributed by atoms with Gasteiger partial charge >= 0.3 is 5.97 Å². The first-order valence-corrected chi connectivity index (χ1v) is 28.5. The lowest BCUT2D eigenvalue weighted by Crippen LogP contribution is -2.40. The summed E-state index contributed by atoms with van der Waals surface area (Å²) in [5, 5.41) is 19.4. The molecule has 0 aromatic heterocycles. The van der Waals surface area contributed by atoms with Crippen LogP contribution in [0.25, 0.3) is 16.0 Å². The molecule has 3 heterocycles. The maximum Gasteiger partial charge on any atom is 0.329 e. The van der Waals surface area contributed by atoms with Crippen molar-refractivity contribution in [3.05, 3.63) is 127 Å². The van der Waals surface area contributed by atoms with Gasteiger partial charge in [-0.15, -0.1) is 0 Å². The number of hydrogen-bond donors (Lipinski definition) is 5. The zero-order chi connectivity index (χ0) is 55.1. The summed E-state index contributed by atoms with van der Waals surface area (Å²) in [6, 6.07) is 21.7. The molecule has 25 heteroatoms. The van der Waals surface area contributed by atoms with Gasteiger partial charge in [0.1, 0.15) is 43.6 Å². The van der Waals surface area contributed by atoms with Crippen LogP contribution in [0.1, 0.15) is 81.5 Å². The monoisotopic (exact) mass is 1100 g/mol. The number of carboxylic acid groups (broad SMARTS) is 1. The van der Waals surface area contributed by atoms with E-state index in [9.17, 15) is 45.1 Å². The van der Waals surface area contributed by atoms with E-state index in [4.69, 9.17) is 29.6 Å². The Morgan fingerprint density at radius 3 is 2.43 bits per heavy atom. The van der Waals surface area contributed by atoms with Gasteiger partial charge in [-0.1, -0.05) is 29.4 Å². The molecule has 4 aromatic rings. The predicted octanol–water partition coefficient (Wildman–Crippen LogP) is 3.32. The minimum Gasteiger partial charge on any atom is -0.491 e. The van der Waals surface area contributed by atoms with Crippen LogP contribution in [0, 0.1) is 0 Å². The number of benzene rings is 4. The molecule has 0 bridgehead atoms. The van der Waals surface area contributed by atoms with E-state index in [-0.39, 0.29) is 87.6 Å². The van der Waals surface area contributed by atoms with Crippen molar-refractivity contribution in [2.24, 2.45) is 5.11 Å². The normalized spacial score (nSPS) is 14.1. The number of carboxylic acids is 1. The SMILES string of the molecule is CN(CCCC(=O)NCCNC(=O)c1cccc(OCC(N=[N+]=[N-])OCCOCC(=O)O)c1)C(=O)c1ccccc1C1=c2cc3c(cc2Oc2cc4c(cc21)CCCN4CCCS(=O)(=O)O)=[N+](CCCS(=O)(=O)O)CCC3. The fraction of sp³-hybridized carbons (Fsp3) is 0.442. The zero-order valence-electron chi connectivity index (χ0n) is 42.6. The maximum absolute atomic E-state index is 14.5. The number of rotatable bonds is 28. The van der Waals surface area contributed by atoms with Gasteiger partial charge in [-0.25, -0.2) is 9.37 Å². The topological polar surface area (TPSA) is 316 Å². The number of anilines is 1. The van der Waals surface area contributed by atoms with Crippen LogP contribution >= 0.6 is 0 Å². The number of amides is 3. The Balaban J connectivity index is 1.01. The molecule has 0 saturated carbocycles. The Labute approximate surface area is 445 Å². The highest BCUT2D eigenvalue weighted by molar-refractivity contribution is 7.86. The molecule has 0 aliphatic carbocycles. The number of ether oxygens (including phenoxy) is 4. The predicted molar refractivity (Wildman–Crippen MR) is 283 cm³/mol. The van der Waals surface area contributed by atoms with Crippen molar-refractivity contribution in [1.29, 1.82) is 0 Å². The Bertz CT molecular complexity index is 3260. The van der Waals surface area contributed by atoms with E-state index in [0.717, 1.165) is 64.2 Å². The van der Waals surface area contributed by atoms with Gasteiger partial charge < -0.3 is 44.5 Å². The lowest BCUT2D eigenvalue weighted by Gasteiger charge is -2.33. The standard InChI is InChI=1S/C52H62N8O15S2/c1-58(19-7-16-47(61)54-17-18-55-51(64)37-10-4-13-38(28-37)74-33-48(56-57-53)73-25-24-72-34-49(62)63)52(65)40-15-3-2-14-39(40)50-41-29-35-11-5-20-59(22-8-26-76(66,67)68)43(35)31-45(41)75-46-32-44-36(30-42(46)50)12-6-21-60(44)23-9-27-77(69,70)71/h2-4,10,13-15,28-32,48H,5-9,11-12,16-27,33-34H2,1H3,(H4-,54,55,61,62,63,64,66,67,68,69,70,71)/p+1. The van der Waals surface area contributed by atoms with Crippen molar-refractivity contribution in [1.82, 2.24) is 20.1 Å². The minimum atomic E-state index is -4.15. The molecule has 5 N–H and O–H groups in total. The van der Waals surface area contributed by atoms with Gasteiger partial charge in [0.05, 0.1) is 30.8 Å². The van der Waals surface area contributed by atoms with Crippen LogP contribution in [0.3, 0.4) is 0 Å². The van der Waals surface area contributed by atoms with E-state index in [0.29, 0.717) is 61.0 Å². The van der Waals surface area contributed by atoms with Crippen molar-refractivity contribution >= 4 is 55.2 Å². The van der Waals surface area contributed by atoms with Gasteiger partial charge in [0, 0.05) is 109 Å². The van der Waals surface area contributed by atoms with E-state index in [1.54, 1.807) is 42.3 Å². The van der Waals surface area contributed by atoms with Crippen LogP contribution in [-0.2, 0) is 52.1 Å². The molecule has 7 rings (SSSR count). The number of aryl methyl sites for hydroxylation is 2. The third-order valence-corrected chi connectivity index (χ3v) is 14.7. The number of azide groups is 1. The lowest BCUT2D eigenvalue weighted by molar-refractivity contribution is -0.143. The maximum atomic E-state index is 14.5. The molecule has 1 atom stereocenters. The Morgan fingerprint density at radius 2 is 1.65 bits per heavy atom. The third-order valence-electron chi connectivity index (χ3n) is 13.0. The van der Waals surface area contributed by atoms with E-state index >= 15 is 0 Å². The molecular formula is C52H63N8O15S2+. The molecule has 3 amide bonds. The summed E-state index contributed by atoms with van der Waals surface area (Å²) in [6.07, 6.45) is 2.97. The molecule has 0 fully saturated rings. The molecule has 0 radical (unpaired) electrons. The summed E-state index contributed by atoms with van der Waals surface area (Å²) in [5.41, 5.74) is 14.7. The second-order valence-corrected chi connectivity index (χ2v) is 21.8. The van der Waals surface area contributed by atoms with Crippen LogP contribution in [0.15, 0.2) is 77.9 Å². The molecular weight excluding hydrogens is 1040 g/mol. The van der Waals surface area contributed by atoms with E-state index < -0.39 is 44.9 Å². The highest BCUT2D eigenvalue weighted by Crippen LogP contribution is 2.43. The Kier molecular flexibility index (Phi) is 20.0. The molecule has 0 saturated heterocycles. The summed E-state index contributed by atoms with van der Waals surface area (Å²) in [7, 11) is -6.61. The fourth-order valence-electron chi connectivity index (χ4n) is 9.54. The third kappa shape index (κ3) is 16.4. The number of carbonyl (C=O) groups excluding carboxylic acids is 3. The Morgan fingerprint density at radius 1 is 0.883 bits per heavy atom. The number of carbonyl (C=O) groups is 4.